The number of nitrogens with zero attached hydrogens (tertiary/aromatic N) is 3. The van der Waals surface area contributed by atoms with Crippen LogP contribution in [0.5, 0.6) is 0 Å². The summed E-state index contributed by atoms with van der Waals surface area (Å²) in [4.78, 5) is 32.5. The Morgan fingerprint density at radius 2 is 1.80 bits per heavy atom. The number of benzene rings is 1. The molecule has 3 rings (SSSR count). The Kier molecular flexibility index (Phi) is 2.57. The third kappa shape index (κ3) is 1.58. The van der Waals surface area contributed by atoms with Crippen molar-refractivity contribution in [1.29, 1.82) is 0 Å². The van der Waals surface area contributed by atoms with E-state index < -0.39 is 5.97 Å². The number of anilines is 1. The van der Waals surface area contributed by atoms with Crippen LogP contribution >= 0.6 is 0 Å². The zero-order valence-electron chi connectivity index (χ0n) is 10.3. The molecule has 1 aromatic carbocycles. The van der Waals surface area contributed by atoms with Crippen LogP contribution in [0.3, 0.4) is 0 Å². The Labute approximate surface area is 114 Å². The average molecular weight is 267 g/mol. The minimum atomic E-state index is -1.25. The molecule has 0 aliphatic carbocycles. The molecule has 2 aromatic rings. The molecule has 2 heterocycles. The number of hydrogen-bond acceptors (Lipinski definition) is 4. The van der Waals surface area contributed by atoms with Crippen LogP contribution < -0.4 is 4.90 Å². The second-order valence-corrected chi connectivity index (χ2v) is 4.17. The van der Waals surface area contributed by atoms with Crippen LogP contribution in [-0.2, 0) is 0 Å². The van der Waals surface area contributed by atoms with Gasteiger partial charge in [-0.15, -0.1) is 0 Å². The summed E-state index contributed by atoms with van der Waals surface area (Å²) in [6, 6.07) is 6.95. The van der Waals surface area contributed by atoms with Crippen molar-refractivity contribution < 1.29 is 14.7 Å². The number of hydrogen-bond donors (Lipinski definition) is 1. The highest BCUT2D eigenvalue weighted by atomic mass is 16.4. The number of carboxylic acids is 1. The first kappa shape index (κ1) is 12.0. The summed E-state index contributed by atoms with van der Waals surface area (Å²) in [6.45, 7) is 3.85. The van der Waals surface area contributed by atoms with E-state index in [0.717, 1.165) is 0 Å². The number of rotatable bonds is 2. The van der Waals surface area contributed by atoms with Gasteiger partial charge in [0.25, 0.3) is 5.91 Å². The molecule has 0 unspecified atom stereocenters. The number of aromatic carboxylic acids is 1. The van der Waals surface area contributed by atoms with E-state index >= 15 is 0 Å². The summed E-state index contributed by atoms with van der Waals surface area (Å²) in [5, 5.41) is 9.15. The molecule has 0 saturated heterocycles. The summed E-state index contributed by atoms with van der Waals surface area (Å²) >= 11 is 0. The number of carboxylic acid groups (broad SMARTS) is 1. The molecule has 1 aromatic heterocycles. The molecular weight excluding hydrogens is 258 g/mol. The SMILES string of the molecule is C=C1c2ccccc2C(=O)N1c1nccnc1C(=O)O. The molecule has 0 saturated carbocycles. The van der Waals surface area contributed by atoms with Crippen molar-refractivity contribution in [1.82, 2.24) is 9.97 Å². The smallest absolute Gasteiger partial charge is 0.358 e. The fourth-order valence-corrected chi connectivity index (χ4v) is 2.15. The Morgan fingerprint density at radius 3 is 2.45 bits per heavy atom. The molecule has 98 valence electrons. The van der Waals surface area contributed by atoms with Crippen LogP contribution in [0.2, 0.25) is 0 Å². The van der Waals surface area contributed by atoms with Gasteiger partial charge in [-0.25, -0.2) is 14.8 Å². The van der Waals surface area contributed by atoms with Gasteiger partial charge in [0.05, 0.1) is 5.70 Å². The second kappa shape index (κ2) is 4.27. The van der Waals surface area contributed by atoms with E-state index in [0.29, 0.717) is 16.8 Å². The van der Waals surface area contributed by atoms with Crippen molar-refractivity contribution in [2.24, 2.45) is 0 Å². The monoisotopic (exact) mass is 267 g/mol. The van der Waals surface area contributed by atoms with Gasteiger partial charge >= 0.3 is 5.97 Å². The molecule has 6 heteroatoms. The molecule has 0 spiro atoms. The van der Waals surface area contributed by atoms with Crippen molar-refractivity contribution in [3.63, 3.8) is 0 Å². The lowest BCUT2D eigenvalue weighted by atomic mass is 10.1. The lowest BCUT2D eigenvalue weighted by Gasteiger charge is -2.17. The van der Waals surface area contributed by atoms with Crippen molar-refractivity contribution in [3.8, 4) is 0 Å². The minimum Gasteiger partial charge on any atom is -0.476 e. The first-order valence-corrected chi connectivity index (χ1v) is 5.78. The van der Waals surface area contributed by atoms with Crippen molar-refractivity contribution in [2.45, 2.75) is 0 Å². The summed E-state index contributed by atoms with van der Waals surface area (Å²) in [5.74, 6) is -1.62. The van der Waals surface area contributed by atoms with Gasteiger partial charge in [0.15, 0.2) is 11.5 Å². The van der Waals surface area contributed by atoms with Gasteiger partial charge < -0.3 is 5.11 Å². The maximum atomic E-state index is 12.4. The summed E-state index contributed by atoms with van der Waals surface area (Å²) in [5.41, 5.74) is 1.25. The van der Waals surface area contributed by atoms with Crippen LogP contribution in [0, 0.1) is 0 Å². The van der Waals surface area contributed by atoms with E-state index in [-0.39, 0.29) is 17.4 Å². The van der Waals surface area contributed by atoms with Crippen molar-refractivity contribution in [3.05, 3.63) is 60.1 Å². The number of carbonyl (C=O) groups is 2. The third-order valence-electron chi connectivity index (χ3n) is 3.03. The molecule has 1 N–H and O–H groups in total. The van der Waals surface area contributed by atoms with Gasteiger partial charge in [-0.2, -0.15) is 0 Å². The summed E-state index contributed by atoms with van der Waals surface area (Å²) in [7, 11) is 0. The number of amides is 1. The maximum absolute atomic E-state index is 12.4. The number of aromatic nitrogens is 2. The van der Waals surface area contributed by atoms with Gasteiger partial charge in [-0.3, -0.25) is 9.69 Å². The normalized spacial score (nSPS) is 13.5. The molecule has 20 heavy (non-hydrogen) atoms. The maximum Gasteiger partial charge on any atom is 0.358 e. The first-order chi connectivity index (χ1) is 9.61. The quantitative estimate of drug-likeness (QED) is 0.897. The Morgan fingerprint density at radius 1 is 1.15 bits per heavy atom. The van der Waals surface area contributed by atoms with E-state index in [1.54, 1.807) is 24.3 Å². The topological polar surface area (TPSA) is 83.4 Å². The van der Waals surface area contributed by atoms with Gasteiger partial charge in [0.2, 0.25) is 0 Å². The van der Waals surface area contributed by atoms with Crippen LogP contribution in [0.25, 0.3) is 5.70 Å². The van der Waals surface area contributed by atoms with Gasteiger partial charge in [0.1, 0.15) is 0 Å². The fraction of sp³-hybridized carbons (Fsp3) is 0. The molecule has 0 radical (unpaired) electrons. The van der Waals surface area contributed by atoms with Gasteiger partial charge in [0, 0.05) is 23.5 Å². The average Bonchev–Trinajstić information content (AvgIpc) is 2.71. The predicted octanol–water partition coefficient (Wildman–Crippen LogP) is 1.81. The van der Waals surface area contributed by atoms with Gasteiger partial charge in [-0.05, 0) is 6.07 Å². The Balaban J connectivity index is 2.17. The number of fused-ring (bicyclic) bond motifs is 1. The molecule has 0 bridgehead atoms. The van der Waals surface area contributed by atoms with E-state index in [1.165, 1.54) is 17.3 Å². The minimum absolute atomic E-state index is 0.0220. The summed E-state index contributed by atoms with van der Waals surface area (Å²) < 4.78 is 0. The molecule has 0 fully saturated rings. The highest BCUT2D eigenvalue weighted by Gasteiger charge is 2.35. The van der Waals surface area contributed by atoms with E-state index in [4.69, 9.17) is 5.11 Å². The highest BCUT2D eigenvalue weighted by molar-refractivity contribution is 6.22. The highest BCUT2D eigenvalue weighted by Crippen LogP contribution is 2.35. The van der Waals surface area contributed by atoms with Crippen LogP contribution in [0.15, 0.2) is 43.2 Å². The zero-order chi connectivity index (χ0) is 14.3. The Hall–Kier alpha value is -3.02. The standard InChI is InChI=1S/C14H9N3O3/c1-8-9-4-2-3-5-10(9)13(18)17(8)12-11(14(19)20)15-6-7-16-12/h2-7H,1H2,(H,19,20). The van der Waals surface area contributed by atoms with Crippen LogP contribution in [0.1, 0.15) is 26.4 Å². The van der Waals surface area contributed by atoms with Crippen molar-refractivity contribution >= 4 is 23.4 Å². The molecule has 1 amide bonds. The van der Waals surface area contributed by atoms with Gasteiger partial charge in [-0.1, -0.05) is 24.8 Å². The summed E-state index contributed by atoms with van der Waals surface area (Å²) in [6.07, 6.45) is 2.61. The fourth-order valence-electron chi connectivity index (χ4n) is 2.15. The second-order valence-electron chi connectivity index (χ2n) is 4.17. The lowest BCUT2D eigenvalue weighted by Crippen LogP contribution is -2.25. The molecule has 6 nitrogen and oxygen atoms in total. The van der Waals surface area contributed by atoms with Crippen LogP contribution in [-0.4, -0.2) is 27.0 Å². The Bertz CT molecular complexity index is 720. The largest absolute Gasteiger partial charge is 0.476 e. The zero-order valence-corrected chi connectivity index (χ0v) is 10.3. The molecule has 1 aliphatic rings. The molecule has 0 atom stereocenters. The molecule has 1 aliphatic heterocycles. The third-order valence-corrected chi connectivity index (χ3v) is 3.03. The van der Waals surface area contributed by atoms with Crippen LogP contribution in [0.4, 0.5) is 5.82 Å². The lowest BCUT2D eigenvalue weighted by molar-refractivity contribution is 0.0691. The molecular formula is C14H9N3O3. The van der Waals surface area contributed by atoms with E-state index in [2.05, 4.69) is 16.5 Å². The first-order valence-electron chi connectivity index (χ1n) is 5.78. The van der Waals surface area contributed by atoms with E-state index in [9.17, 15) is 9.59 Å². The van der Waals surface area contributed by atoms with Crippen molar-refractivity contribution in [2.75, 3.05) is 4.90 Å². The number of carbonyl (C=O) groups excluding carboxylic acids is 1. The predicted molar refractivity (Wildman–Crippen MR) is 71.3 cm³/mol. The van der Waals surface area contributed by atoms with E-state index in [1.807, 2.05) is 0 Å².